The maximum atomic E-state index is 12.6. The van der Waals surface area contributed by atoms with Gasteiger partial charge in [-0.2, -0.15) is 0 Å². The molecule has 0 spiro atoms. The molecule has 4 rings (SSSR count). The fourth-order valence-corrected chi connectivity index (χ4v) is 6.86. The van der Waals surface area contributed by atoms with Crippen molar-refractivity contribution in [3.05, 3.63) is 12.2 Å². The van der Waals surface area contributed by atoms with Gasteiger partial charge in [-0.15, -0.1) is 0 Å². The zero-order valence-electron chi connectivity index (χ0n) is 17.4. The van der Waals surface area contributed by atoms with Crippen molar-refractivity contribution in [3.63, 3.8) is 0 Å². The summed E-state index contributed by atoms with van der Waals surface area (Å²) in [5, 5.41) is 0. The molecule has 2 bridgehead atoms. The van der Waals surface area contributed by atoms with Gasteiger partial charge in [0.1, 0.15) is 0 Å². The molecule has 2 aliphatic carbocycles. The van der Waals surface area contributed by atoms with Gasteiger partial charge in [-0.25, -0.2) is 0 Å². The Morgan fingerprint density at radius 3 is 2.22 bits per heavy atom. The first kappa shape index (κ1) is 19.5. The van der Waals surface area contributed by atoms with Gasteiger partial charge in [-0.05, 0) is 88.5 Å². The lowest BCUT2D eigenvalue weighted by atomic mass is 9.66. The maximum Gasteiger partial charge on any atom is 0.310 e. The van der Waals surface area contributed by atoms with Crippen molar-refractivity contribution < 1.29 is 9.53 Å². The van der Waals surface area contributed by atoms with Gasteiger partial charge < -0.3 is 4.74 Å². The summed E-state index contributed by atoms with van der Waals surface area (Å²) in [6.45, 7) is 0. The number of nitrogens with zero attached hydrogens (tertiary/aromatic N) is 1. The number of hydrogen-bond donors (Lipinski definition) is 0. The van der Waals surface area contributed by atoms with E-state index < -0.39 is 0 Å². The van der Waals surface area contributed by atoms with Crippen molar-refractivity contribution in [1.82, 2.24) is 4.90 Å². The summed E-state index contributed by atoms with van der Waals surface area (Å²) in [6, 6.07) is 1.12. The minimum Gasteiger partial charge on any atom is -0.469 e. The van der Waals surface area contributed by atoms with Crippen LogP contribution < -0.4 is 0 Å². The van der Waals surface area contributed by atoms with E-state index in [9.17, 15) is 4.79 Å². The molecule has 152 valence electrons. The highest BCUT2D eigenvalue weighted by molar-refractivity contribution is 5.74. The smallest absolute Gasteiger partial charge is 0.310 e. The summed E-state index contributed by atoms with van der Waals surface area (Å²) in [7, 11) is 3.80. The van der Waals surface area contributed by atoms with Gasteiger partial charge in [0.05, 0.1) is 13.0 Å². The SMILES string of the molecule is COC(=O)C1C2CC[C@H](C[C@@H]1C1CCC(/C=C\C3CCCCC3)CC1)N2C. The molecule has 2 unspecified atom stereocenters. The van der Waals surface area contributed by atoms with Crippen molar-refractivity contribution >= 4 is 5.97 Å². The van der Waals surface area contributed by atoms with Crippen molar-refractivity contribution in [2.24, 2.45) is 29.6 Å². The average Bonchev–Trinajstić information content (AvgIpc) is 2.95. The quantitative estimate of drug-likeness (QED) is 0.501. The summed E-state index contributed by atoms with van der Waals surface area (Å²) >= 11 is 0. The first-order valence-electron chi connectivity index (χ1n) is 11.7. The first-order chi connectivity index (χ1) is 13.2. The van der Waals surface area contributed by atoms with E-state index in [4.69, 9.17) is 4.74 Å². The number of piperidine rings is 1. The second kappa shape index (κ2) is 8.68. The molecule has 2 aliphatic heterocycles. The van der Waals surface area contributed by atoms with Crippen LogP contribution in [0.2, 0.25) is 0 Å². The average molecular weight is 374 g/mol. The lowest BCUT2D eigenvalue weighted by Gasteiger charge is -2.46. The van der Waals surface area contributed by atoms with E-state index in [-0.39, 0.29) is 11.9 Å². The second-order valence-electron chi connectivity index (χ2n) is 9.87. The van der Waals surface area contributed by atoms with Crippen LogP contribution in [0, 0.1) is 29.6 Å². The third-order valence-electron chi connectivity index (χ3n) is 8.52. The Hall–Kier alpha value is -0.830. The van der Waals surface area contributed by atoms with Crippen LogP contribution in [0.3, 0.4) is 0 Å². The Labute approximate surface area is 165 Å². The van der Waals surface area contributed by atoms with Crippen molar-refractivity contribution in [2.75, 3.05) is 14.2 Å². The van der Waals surface area contributed by atoms with Gasteiger partial charge in [-0.1, -0.05) is 31.4 Å². The van der Waals surface area contributed by atoms with E-state index in [0.29, 0.717) is 18.0 Å². The number of ether oxygens (including phenoxy) is 1. The zero-order valence-corrected chi connectivity index (χ0v) is 17.4. The standard InChI is InChI=1S/C24H39NO2/c1-25-20-14-15-22(25)23(24(26)27-2)21(16-20)19-12-10-18(11-13-19)9-8-17-6-4-3-5-7-17/h8-9,17-23H,3-7,10-16H2,1-2H3/b9-8-/t18?,19?,20-,21-,22?,23?/m1/s1. The van der Waals surface area contributed by atoms with Crippen LogP contribution in [0.15, 0.2) is 12.2 Å². The van der Waals surface area contributed by atoms with Gasteiger partial charge in [0, 0.05) is 12.1 Å². The summed E-state index contributed by atoms with van der Waals surface area (Å²) in [6.07, 6.45) is 21.1. The molecule has 0 amide bonds. The number of carbonyl (C=O) groups excluding carboxylic acids is 1. The van der Waals surface area contributed by atoms with Gasteiger partial charge in [0.15, 0.2) is 0 Å². The molecular formula is C24H39NO2. The second-order valence-corrected chi connectivity index (χ2v) is 9.87. The van der Waals surface area contributed by atoms with Crippen LogP contribution in [-0.2, 0) is 9.53 Å². The molecule has 0 aromatic heterocycles. The van der Waals surface area contributed by atoms with Gasteiger partial charge in [0.2, 0.25) is 0 Å². The molecule has 4 aliphatic rings. The summed E-state index contributed by atoms with van der Waals surface area (Å²) in [4.78, 5) is 15.1. The van der Waals surface area contributed by atoms with Crippen LogP contribution in [-0.4, -0.2) is 37.1 Å². The monoisotopic (exact) mass is 373 g/mol. The Kier molecular flexibility index (Phi) is 6.26. The molecule has 27 heavy (non-hydrogen) atoms. The molecular weight excluding hydrogens is 334 g/mol. The zero-order chi connectivity index (χ0) is 18.8. The topological polar surface area (TPSA) is 29.5 Å². The van der Waals surface area contributed by atoms with Crippen LogP contribution in [0.25, 0.3) is 0 Å². The number of carbonyl (C=O) groups is 1. The number of rotatable bonds is 4. The lowest BCUT2D eigenvalue weighted by Crippen LogP contribution is -2.52. The highest BCUT2D eigenvalue weighted by atomic mass is 16.5. The number of methoxy groups -OCH3 is 1. The Balaban J connectivity index is 1.35. The normalized spacial score (nSPS) is 41.1. The number of fused-ring (bicyclic) bond motifs is 2. The number of allylic oxidation sites excluding steroid dienone is 2. The van der Waals surface area contributed by atoms with E-state index in [1.54, 1.807) is 7.11 Å². The van der Waals surface area contributed by atoms with E-state index in [2.05, 4.69) is 24.1 Å². The van der Waals surface area contributed by atoms with Crippen LogP contribution in [0.4, 0.5) is 0 Å². The predicted octanol–water partition coefficient (Wildman–Crippen LogP) is 5.20. The molecule has 2 heterocycles. The van der Waals surface area contributed by atoms with Crippen LogP contribution in [0.5, 0.6) is 0 Å². The summed E-state index contributed by atoms with van der Waals surface area (Å²) < 4.78 is 5.26. The number of hydrogen-bond acceptors (Lipinski definition) is 3. The summed E-state index contributed by atoms with van der Waals surface area (Å²) in [5.74, 6) is 3.07. The molecule has 2 saturated heterocycles. The largest absolute Gasteiger partial charge is 0.469 e. The molecule has 0 aromatic carbocycles. The maximum absolute atomic E-state index is 12.6. The fraction of sp³-hybridized carbons (Fsp3) is 0.875. The van der Waals surface area contributed by atoms with Crippen molar-refractivity contribution in [3.8, 4) is 0 Å². The van der Waals surface area contributed by atoms with Gasteiger partial charge in [0.25, 0.3) is 0 Å². The van der Waals surface area contributed by atoms with E-state index in [0.717, 1.165) is 17.8 Å². The third kappa shape index (κ3) is 4.13. The van der Waals surface area contributed by atoms with E-state index >= 15 is 0 Å². The lowest BCUT2D eigenvalue weighted by molar-refractivity contribution is -0.154. The molecule has 0 aromatic rings. The molecule has 0 N–H and O–H groups in total. The molecule has 0 radical (unpaired) electrons. The van der Waals surface area contributed by atoms with Crippen LogP contribution >= 0.6 is 0 Å². The third-order valence-corrected chi connectivity index (χ3v) is 8.52. The van der Waals surface area contributed by atoms with Crippen LogP contribution in [0.1, 0.15) is 77.0 Å². The molecule has 3 nitrogen and oxygen atoms in total. The summed E-state index contributed by atoms with van der Waals surface area (Å²) in [5.41, 5.74) is 0. The molecule has 3 heteroatoms. The van der Waals surface area contributed by atoms with Gasteiger partial charge in [-0.3, -0.25) is 9.69 Å². The van der Waals surface area contributed by atoms with Gasteiger partial charge >= 0.3 is 5.97 Å². The van der Waals surface area contributed by atoms with E-state index in [1.807, 2.05) is 0 Å². The molecule has 4 atom stereocenters. The molecule has 4 fully saturated rings. The Morgan fingerprint density at radius 2 is 1.56 bits per heavy atom. The highest BCUT2D eigenvalue weighted by Crippen LogP contribution is 2.48. The fourth-order valence-electron chi connectivity index (χ4n) is 6.86. The number of esters is 1. The Morgan fingerprint density at radius 1 is 0.889 bits per heavy atom. The van der Waals surface area contributed by atoms with E-state index in [1.165, 1.54) is 77.0 Å². The Bertz CT molecular complexity index is 530. The minimum atomic E-state index is 0.0523. The minimum absolute atomic E-state index is 0.0523. The first-order valence-corrected chi connectivity index (χ1v) is 11.7. The van der Waals surface area contributed by atoms with Crippen molar-refractivity contribution in [2.45, 2.75) is 89.1 Å². The predicted molar refractivity (Wildman–Crippen MR) is 109 cm³/mol. The van der Waals surface area contributed by atoms with Crippen molar-refractivity contribution in [1.29, 1.82) is 0 Å². The highest BCUT2D eigenvalue weighted by Gasteiger charge is 2.51. The molecule has 2 saturated carbocycles.